The van der Waals surface area contributed by atoms with E-state index in [1.165, 1.54) is 26.8 Å². The van der Waals surface area contributed by atoms with Gasteiger partial charge in [0.2, 0.25) is 0 Å². The topological polar surface area (TPSA) is 0 Å². The molecule has 0 aromatic heterocycles. The van der Waals surface area contributed by atoms with Gasteiger partial charge in [0.15, 0.2) is 0 Å². The van der Waals surface area contributed by atoms with Crippen LogP contribution in [0.5, 0.6) is 0 Å². The SMILES string of the molecule is [Li][C]1(P(c2ccccc2)c2ccccc2)C=C(C(C)(C)C)C=C1P(c1ccccc1)c1ccccc1. The van der Waals surface area contributed by atoms with Crippen molar-refractivity contribution in [3.05, 3.63) is 144 Å². The Labute approximate surface area is 228 Å². The fourth-order valence-corrected chi connectivity index (χ4v) is 11.1. The van der Waals surface area contributed by atoms with Crippen molar-refractivity contribution >= 4 is 54.8 Å². The molecule has 0 N–H and O–H groups in total. The molecular weight excluding hydrogens is 465 g/mol. The van der Waals surface area contributed by atoms with Crippen LogP contribution in [-0.4, -0.2) is 21.5 Å². The van der Waals surface area contributed by atoms with Crippen LogP contribution in [0.4, 0.5) is 0 Å². The number of hydrogen-bond acceptors (Lipinski definition) is 0. The molecule has 0 spiro atoms. The zero-order valence-corrected chi connectivity index (χ0v) is 23.4. The molecule has 1 atom stereocenters. The van der Waals surface area contributed by atoms with Crippen LogP contribution in [0, 0.1) is 5.41 Å². The van der Waals surface area contributed by atoms with Crippen LogP contribution in [0.3, 0.4) is 0 Å². The number of allylic oxidation sites excluding steroid dienone is 4. The minimum absolute atomic E-state index is 0.0752. The first-order chi connectivity index (χ1) is 17.4. The molecule has 0 bridgehead atoms. The van der Waals surface area contributed by atoms with E-state index >= 15 is 0 Å². The summed E-state index contributed by atoms with van der Waals surface area (Å²) < 4.78 is -0.113. The van der Waals surface area contributed by atoms with Crippen molar-refractivity contribution in [1.29, 1.82) is 0 Å². The minimum atomic E-state index is -0.702. The third kappa shape index (κ3) is 5.12. The van der Waals surface area contributed by atoms with Crippen molar-refractivity contribution in [3.63, 3.8) is 0 Å². The van der Waals surface area contributed by atoms with E-state index in [0.29, 0.717) is 0 Å². The zero-order chi connectivity index (χ0) is 25.2. The molecule has 1 aliphatic carbocycles. The Morgan fingerprint density at radius 3 is 1.28 bits per heavy atom. The summed E-state index contributed by atoms with van der Waals surface area (Å²) in [5.41, 5.74) is 1.52. The second-order valence-electron chi connectivity index (χ2n) is 10.5. The summed E-state index contributed by atoms with van der Waals surface area (Å²) >= 11 is 2.50. The molecule has 0 saturated carbocycles. The summed E-state index contributed by atoms with van der Waals surface area (Å²) in [6, 6.07) is 44.7. The van der Waals surface area contributed by atoms with Gasteiger partial charge in [-0.25, -0.2) is 0 Å². The first-order valence-corrected chi connectivity index (χ1v) is 15.3. The second-order valence-corrected chi connectivity index (χ2v) is 15.4. The Bertz CT molecular complexity index is 1280. The second kappa shape index (κ2) is 10.7. The van der Waals surface area contributed by atoms with E-state index < -0.39 is 15.8 Å². The molecule has 1 aliphatic rings. The van der Waals surface area contributed by atoms with Gasteiger partial charge in [-0.15, -0.1) is 0 Å². The van der Waals surface area contributed by atoms with Gasteiger partial charge >= 0.3 is 229 Å². The molecule has 0 heterocycles. The zero-order valence-electron chi connectivity index (χ0n) is 21.6. The molecule has 1 unspecified atom stereocenters. The van der Waals surface area contributed by atoms with Crippen LogP contribution in [0.15, 0.2) is 144 Å². The van der Waals surface area contributed by atoms with Gasteiger partial charge in [0, 0.05) is 0 Å². The Morgan fingerprint density at radius 1 is 0.556 bits per heavy atom. The molecule has 5 rings (SSSR count). The van der Waals surface area contributed by atoms with E-state index in [9.17, 15) is 0 Å². The summed E-state index contributed by atoms with van der Waals surface area (Å²) in [6.45, 7) is 7.04. The van der Waals surface area contributed by atoms with Crippen molar-refractivity contribution < 1.29 is 0 Å². The van der Waals surface area contributed by atoms with Crippen LogP contribution < -0.4 is 21.2 Å². The third-order valence-electron chi connectivity index (χ3n) is 6.88. The molecule has 3 heteroatoms. The van der Waals surface area contributed by atoms with Crippen molar-refractivity contribution in [1.82, 2.24) is 0 Å². The quantitative estimate of drug-likeness (QED) is 0.199. The van der Waals surface area contributed by atoms with Gasteiger partial charge in [0.05, 0.1) is 0 Å². The van der Waals surface area contributed by atoms with Crippen molar-refractivity contribution in [2.45, 2.75) is 24.6 Å². The molecule has 4 aromatic carbocycles. The molecule has 36 heavy (non-hydrogen) atoms. The molecule has 0 saturated heterocycles. The van der Waals surface area contributed by atoms with Crippen molar-refractivity contribution in [2.75, 3.05) is 0 Å². The molecule has 0 amide bonds. The first-order valence-electron chi connectivity index (χ1n) is 12.6. The van der Waals surface area contributed by atoms with Gasteiger partial charge in [-0.2, -0.15) is 0 Å². The summed E-state index contributed by atoms with van der Waals surface area (Å²) in [6.07, 6.45) is 5.18. The van der Waals surface area contributed by atoms with E-state index in [-0.39, 0.29) is 9.24 Å². The summed E-state index contributed by atoms with van der Waals surface area (Å²) in [5, 5.41) is 7.23. The van der Waals surface area contributed by atoms with Crippen LogP contribution in [0.25, 0.3) is 0 Å². The summed E-state index contributed by atoms with van der Waals surface area (Å²) in [5.74, 6) is 0. The Balaban J connectivity index is 1.78. The monoisotopic (exact) mass is 496 g/mol. The number of rotatable bonds is 6. The average molecular weight is 497 g/mol. The van der Waals surface area contributed by atoms with Gasteiger partial charge in [0.25, 0.3) is 0 Å². The van der Waals surface area contributed by atoms with Crippen LogP contribution in [0.1, 0.15) is 20.8 Å². The molecular formula is C33H31LiP2. The van der Waals surface area contributed by atoms with E-state index in [1.807, 2.05) is 0 Å². The van der Waals surface area contributed by atoms with Crippen LogP contribution in [0.2, 0.25) is 0 Å². The van der Waals surface area contributed by atoms with E-state index in [1.54, 1.807) is 5.31 Å². The fourth-order valence-electron chi connectivity index (χ4n) is 5.04. The number of hydrogen-bond donors (Lipinski definition) is 0. The molecule has 0 nitrogen and oxygen atoms in total. The maximum atomic E-state index is 2.62. The van der Waals surface area contributed by atoms with E-state index in [4.69, 9.17) is 0 Å². The van der Waals surface area contributed by atoms with E-state index in [0.717, 1.165) is 0 Å². The van der Waals surface area contributed by atoms with Gasteiger partial charge in [-0.05, 0) is 0 Å². The summed E-state index contributed by atoms with van der Waals surface area (Å²) in [7, 11) is -1.39. The maximum absolute atomic E-state index is 2.62. The van der Waals surface area contributed by atoms with Crippen molar-refractivity contribution in [2.24, 2.45) is 5.41 Å². The van der Waals surface area contributed by atoms with Crippen LogP contribution in [-0.2, 0) is 0 Å². The number of benzene rings is 4. The molecule has 4 aromatic rings. The molecule has 0 aliphatic heterocycles. The van der Waals surface area contributed by atoms with E-state index in [2.05, 4.69) is 172 Å². The molecule has 174 valence electrons. The molecule has 0 fully saturated rings. The Hall–Kier alpha value is -2.18. The average Bonchev–Trinajstić information content (AvgIpc) is 3.25. The van der Waals surface area contributed by atoms with Gasteiger partial charge < -0.3 is 0 Å². The summed E-state index contributed by atoms with van der Waals surface area (Å²) in [4.78, 5) is 0. The molecule has 0 radical (unpaired) electrons. The van der Waals surface area contributed by atoms with Crippen LogP contribution >= 0.6 is 15.8 Å². The normalized spacial score (nSPS) is 17.9. The third-order valence-corrected chi connectivity index (χ3v) is 12.7. The predicted molar refractivity (Wildman–Crippen MR) is 162 cm³/mol. The van der Waals surface area contributed by atoms with Crippen molar-refractivity contribution in [3.8, 4) is 0 Å². The fraction of sp³-hybridized carbons (Fsp3) is 0.152. The standard InChI is InChI=1S/C33H31P2.Li/c1-33(2,3)26-24-31(34(27-16-8-4-9-17-27)28-18-10-5-11-19-28)32(25-26)35(29-20-12-6-13-21-29)30-22-14-7-15-23-30;/h4-25H,1-3H3;. The Kier molecular flexibility index (Phi) is 7.54. The Morgan fingerprint density at radius 2 is 0.917 bits per heavy atom. The predicted octanol–water partition coefficient (Wildman–Crippen LogP) is 6.99. The van der Waals surface area contributed by atoms with Gasteiger partial charge in [-0.1, -0.05) is 0 Å². The first kappa shape index (κ1) is 25.5. The van der Waals surface area contributed by atoms with Gasteiger partial charge in [-0.3, -0.25) is 0 Å². The van der Waals surface area contributed by atoms with Gasteiger partial charge in [0.1, 0.15) is 0 Å².